The molecule has 33 heavy (non-hydrogen) atoms. The number of hydrogen-bond acceptors (Lipinski definition) is 8. The van der Waals surface area contributed by atoms with Crippen LogP contribution in [0.3, 0.4) is 0 Å². The Balaban J connectivity index is 2.47. The van der Waals surface area contributed by atoms with Crippen LogP contribution >= 0.6 is 11.6 Å². The van der Waals surface area contributed by atoms with Gasteiger partial charge in [0.2, 0.25) is 15.9 Å². The first-order chi connectivity index (χ1) is 15.4. The van der Waals surface area contributed by atoms with Crippen LogP contribution in [-0.4, -0.2) is 59.9 Å². The van der Waals surface area contributed by atoms with Gasteiger partial charge in [-0.25, -0.2) is 18.0 Å². The van der Waals surface area contributed by atoms with Gasteiger partial charge in [-0.1, -0.05) is 11.6 Å². The third-order valence-electron chi connectivity index (χ3n) is 4.58. The van der Waals surface area contributed by atoms with Crippen LogP contribution in [0.4, 0.5) is 11.4 Å². The van der Waals surface area contributed by atoms with Crippen molar-refractivity contribution in [2.45, 2.75) is 13.0 Å². The lowest BCUT2D eigenvalue weighted by atomic mass is 10.1. The Labute approximate surface area is 196 Å². The first-order valence-electron chi connectivity index (χ1n) is 9.39. The van der Waals surface area contributed by atoms with Gasteiger partial charge in [0.05, 0.1) is 55.1 Å². The number of esters is 2. The Hall–Kier alpha value is -3.31. The minimum atomic E-state index is -3.94. The highest BCUT2D eigenvalue weighted by atomic mass is 35.5. The number of nitrogens with one attached hydrogen (secondary N) is 1. The minimum Gasteiger partial charge on any atom is -0.495 e. The van der Waals surface area contributed by atoms with Crippen molar-refractivity contribution in [3.8, 4) is 5.75 Å². The molecule has 2 aromatic carbocycles. The second-order valence-electron chi connectivity index (χ2n) is 6.79. The van der Waals surface area contributed by atoms with Crippen LogP contribution in [0.15, 0.2) is 36.4 Å². The number of anilines is 2. The predicted octanol–water partition coefficient (Wildman–Crippen LogP) is 2.72. The molecule has 0 bridgehead atoms. The molecule has 1 atom stereocenters. The number of benzene rings is 2. The summed E-state index contributed by atoms with van der Waals surface area (Å²) in [5.74, 6) is -1.91. The Morgan fingerprint density at radius 1 is 1.00 bits per heavy atom. The molecule has 2 aromatic rings. The van der Waals surface area contributed by atoms with Crippen LogP contribution < -0.4 is 14.4 Å². The summed E-state index contributed by atoms with van der Waals surface area (Å²) in [5.41, 5.74) is 0.101. The van der Waals surface area contributed by atoms with Gasteiger partial charge in [-0.05, 0) is 43.3 Å². The SMILES string of the molecule is COC(=O)c1ccc(C(=O)OC)c(NC(=O)[C@@H](C)N(c2ccc(OC)c(Cl)c2)S(C)(=O)=O)c1. The molecule has 0 spiro atoms. The van der Waals surface area contributed by atoms with Crippen LogP contribution in [-0.2, 0) is 24.3 Å². The second-order valence-corrected chi connectivity index (χ2v) is 9.05. The van der Waals surface area contributed by atoms with Gasteiger partial charge in [-0.3, -0.25) is 9.10 Å². The van der Waals surface area contributed by atoms with Gasteiger partial charge in [0, 0.05) is 0 Å². The number of methoxy groups -OCH3 is 3. The van der Waals surface area contributed by atoms with Crippen LogP contribution in [0.25, 0.3) is 0 Å². The normalized spacial score (nSPS) is 11.8. The van der Waals surface area contributed by atoms with Crippen molar-refractivity contribution in [1.82, 2.24) is 0 Å². The standard InChI is InChI=1S/C21H23ClN2O8S/c1-12(24(33(5,28)29)14-7-9-18(30-2)16(22)11-14)19(25)23-17-10-13(20(26)31-3)6-8-15(17)21(27)32-4/h6-12H,1-5H3,(H,23,25)/t12-/m1/s1. The highest BCUT2D eigenvalue weighted by molar-refractivity contribution is 7.92. The zero-order chi connectivity index (χ0) is 24.9. The predicted molar refractivity (Wildman–Crippen MR) is 123 cm³/mol. The van der Waals surface area contributed by atoms with Crippen molar-refractivity contribution in [2.75, 3.05) is 37.2 Å². The van der Waals surface area contributed by atoms with Gasteiger partial charge in [-0.15, -0.1) is 0 Å². The molecule has 0 radical (unpaired) electrons. The summed E-state index contributed by atoms with van der Waals surface area (Å²) in [6.07, 6.45) is 0.937. The molecule has 0 unspecified atom stereocenters. The summed E-state index contributed by atoms with van der Waals surface area (Å²) in [6.45, 7) is 1.36. The van der Waals surface area contributed by atoms with E-state index in [1.807, 2.05) is 0 Å². The first kappa shape index (κ1) is 25.9. The minimum absolute atomic E-state index is 0.0379. The molecular weight excluding hydrogens is 476 g/mol. The van der Waals surface area contributed by atoms with Gasteiger partial charge < -0.3 is 19.5 Å². The van der Waals surface area contributed by atoms with Crippen LogP contribution in [0.5, 0.6) is 5.75 Å². The monoisotopic (exact) mass is 498 g/mol. The maximum absolute atomic E-state index is 13.1. The molecular formula is C21H23ClN2O8S. The number of ether oxygens (including phenoxy) is 3. The lowest BCUT2D eigenvalue weighted by Crippen LogP contribution is -2.45. The molecule has 0 fully saturated rings. The molecule has 1 amide bonds. The van der Waals surface area contributed by atoms with Gasteiger partial charge in [-0.2, -0.15) is 0 Å². The number of halogens is 1. The van der Waals surface area contributed by atoms with Crippen molar-refractivity contribution >= 4 is 50.8 Å². The second kappa shape index (κ2) is 10.5. The summed E-state index contributed by atoms with van der Waals surface area (Å²) >= 11 is 6.13. The molecule has 12 heteroatoms. The lowest BCUT2D eigenvalue weighted by molar-refractivity contribution is -0.116. The Morgan fingerprint density at radius 3 is 2.15 bits per heavy atom. The number of carbonyl (C=O) groups is 3. The molecule has 2 rings (SSSR count). The molecule has 0 aliphatic rings. The number of sulfonamides is 1. The summed E-state index contributed by atoms with van der Waals surface area (Å²) < 4.78 is 40.4. The van der Waals surface area contributed by atoms with E-state index in [1.165, 1.54) is 57.5 Å². The van der Waals surface area contributed by atoms with E-state index in [0.29, 0.717) is 5.75 Å². The van der Waals surface area contributed by atoms with Gasteiger partial charge in [0.25, 0.3) is 0 Å². The Kier molecular flexibility index (Phi) is 8.29. The van der Waals surface area contributed by atoms with Gasteiger partial charge in [0.15, 0.2) is 0 Å². The molecule has 178 valence electrons. The largest absolute Gasteiger partial charge is 0.495 e. The van der Waals surface area contributed by atoms with E-state index < -0.39 is 33.9 Å². The molecule has 0 aliphatic heterocycles. The van der Waals surface area contributed by atoms with Crippen molar-refractivity contribution < 1.29 is 37.0 Å². The summed E-state index contributed by atoms with van der Waals surface area (Å²) in [7, 11) is -0.193. The number of nitrogens with zero attached hydrogens (tertiary/aromatic N) is 1. The van der Waals surface area contributed by atoms with Crippen molar-refractivity contribution in [2.24, 2.45) is 0 Å². The lowest BCUT2D eigenvalue weighted by Gasteiger charge is -2.28. The summed E-state index contributed by atoms with van der Waals surface area (Å²) in [6, 6.07) is 6.84. The Morgan fingerprint density at radius 2 is 1.64 bits per heavy atom. The molecule has 0 saturated heterocycles. The maximum atomic E-state index is 13.1. The first-order valence-corrected chi connectivity index (χ1v) is 11.6. The number of amides is 1. The summed E-state index contributed by atoms with van der Waals surface area (Å²) in [4.78, 5) is 37.1. The number of rotatable bonds is 8. The third kappa shape index (κ3) is 5.93. The topological polar surface area (TPSA) is 128 Å². The van der Waals surface area contributed by atoms with E-state index in [-0.39, 0.29) is 27.5 Å². The molecule has 0 saturated carbocycles. The highest BCUT2D eigenvalue weighted by Crippen LogP contribution is 2.31. The van der Waals surface area contributed by atoms with Crippen LogP contribution in [0.1, 0.15) is 27.6 Å². The number of hydrogen-bond donors (Lipinski definition) is 1. The van der Waals surface area contributed by atoms with E-state index >= 15 is 0 Å². The van der Waals surface area contributed by atoms with E-state index in [0.717, 1.165) is 17.7 Å². The van der Waals surface area contributed by atoms with Crippen molar-refractivity contribution in [3.05, 3.63) is 52.5 Å². The average molecular weight is 499 g/mol. The van der Waals surface area contributed by atoms with Gasteiger partial charge in [0.1, 0.15) is 11.8 Å². The number of carbonyl (C=O) groups excluding carboxylic acids is 3. The smallest absolute Gasteiger partial charge is 0.339 e. The Bertz CT molecular complexity index is 1180. The van der Waals surface area contributed by atoms with E-state index in [2.05, 4.69) is 10.1 Å². The fourth-order valence-electron chi connectivity index (χ4n) is 3.02. The fraction of sp³-hybridized carbons (Fsp3) is 0.286. The molecule has 10 nitrogen and oxygen atoms in total. The molecule has 0 aliphatic carbocycles. The van der Waals surface area contributed by atoms with E-state index in [9.17, 15) is 22.8 Å². The molecule has 0 aromatic heterocycles. The van der Waals surface area contributed by atoms with E-state index in [1.54, 1.807) is 0 Å². The third-order valence-corrected chi connectivity index (χ3v) is 6.12. The highest BCUT2D eigenvalue weighted by Gasteiger charge is 2.30. The fourth-order valence-corrected chi connectivity index (χ4v) is 4.44. The zero-order valence-electron chi connectivity index (χ0n) is 18.5. The van der Waals surface area contributed by atoms with E-state index in [4.69, 9.17) is 21.1 Å². The van der Waals surface area contributed by atoms with Crippen molar-refractivity contribution in [3.63, 3.8) is 0 Å². The maximum Gasteiger partial charge on any atom is 0.339 e. The zero-order valence-corrected chi connectivity index (χ0v) is 20.1. The summed E-state index contributed by atoms with van der Waals surface area (Å²) in [5, 5.41) is 2.64. The molecule has 0 heterocycles. The van der Waals surface area contributed by atoms with Crippen LogP contribution in [0, 0.1) is 0 Å². The van der Waals surface area contributed by atoms with Crippen molar-refractivity contribution in [1.29, 1.82) is 0 Å². The molecule has 1 N–H and O–H groups in total. The quantitative estimate of drug-likeness (QED) is 0.550. The van der Waals surface area contributed by atoms with Gasteiger partial charge >= 0.3 is 11.9 Å². The average Bonchev–Trinajstić information content (AvgIpc) is 2.77. The van der Waals surface area contributed by atoms with Crippen LogP contribution in [0.2, 0.25) is 5.02 Å².